The van der Waals surface area contributed by atoms with Crippen LogP contribution in [0.2, 0.25) is 0 Å². The maximum absolute atomic E-state index is 14.3. The molecule has 0 unspecified atom stereocenters. The molecule has 2 amide bonds. The van der Waals surface area contributed by atoms with E-state index in [0.717, 1.165) is 18.2 Å². The highest BCUT2D eigenvalue weighted by atomic mass is 19.1. The third-order valence-corrected chi connectivity index (χ3v) is 3.98. The molecular weight excluding hydrogens is 287 g/mol. The summed E-state index contributed by atoms with van der Waals surface area (Å²) >= 11 is 0. The standard InChI is InChI=1S/C16H21FN2O3/c1-11-4-6-13(7-5-11)12(2)18-15(21)19-9-8-16(17,10-19)14(20)22-3/h4-7,12H,8-10H2,1-3H3,(H,18,21)/t12-,16-/m0/s1. The molecule has 0 saturated carbocycles. The van der Waals surface area contributed by atoms with Gasteiger partial charge in [-0.3, -0.25) is 0 Å². The molecule has 1 N–H and O–H groups in total. The van der Waals surface area contributed by atoms with Crippen molar-refractivity contribution in [2.24, 2.45) is 0 Å². The molecule has 1 aliphatic heterocycles. The predicted octanol–water partition coefficient (Wildman–Crippen LogP) is 2.35. The molecule has 0 aromatic heterocycles. The minimum Gasteiger partial charge on any atom is -0.467 e. The van der Waals surface area contributed by atoms with Gasteiger partial charge >= 0.3 is 12.0 Å². The molecule has 1 aliphatic rings. The van der Waals surface area contributed by atoms with Gasteiger partial charge in [-0.15, -0.1) is 0 Å². The fraction of sp³-hybridized carbons (Fsp3) is 0.500. The number of methoxy groups -OCH3 is 1. The lowest BCUT2D eigenvalue weighted by Crippen LogP contribution is -2.44. The molecule has 1 saturated heterocycles. The summed E-state index contributed by atoms with van der Waals surface area (Å²) in [4.78, 5) is 24.9. The maximum Gasteiger partial charge on any atom is 0.345 e. The average Bonchev–Trinajstić information content (AvgIpc) is 2.91. The summed E-state index contributed by atoms with van der Waals surface area (Å²) in [6, 6.07) is 7.25. The van der Waals surface area contributed by atoms with Crippen LogP contribution in [0.5, 0.6) is 0 Å². The van der Waals surface area contributed by atoms with E-state index in [1.54, 1.807) is 0 Å². The van der Waals surface area contributed by atoms with Crippen molar-refractivity contribution in [1.82, 2.24) is 10.2 Å². The number of likely N-dealkylation sites (tertiary alicyclic amines) is 1. The smallest absolute Gasteiger partial charge is 0.345 e. The number of nitrogens with one attached hydrogen (secondary N) is 1. The summed E-state index contributed by atoms with van der Waals surface area (Å²) in [5.74, 6) is -0.922. The van der Waals surface area contributed by atoms with Gasteiger partial charge in [0.2, 0.25) is 5.67 Å². The Kier molecular flexibility index (Phi) is 4.68. The van der Waals surface area contributed by atoms with E-state index in [-0.39, 0.29) is 31.6 Å². The number of ether oxygens (including phenoxy) is 1. The quantitative estimate of drug-likeness (QED) is 0.872. The van der Waals surface area contributed by atoms with Crippen LogP contribution in [-0.4, -0.2) is 42.8 Å². The van der Waals surface area contributed by atoms with Gasteiger partial charge in [0.1, 0.15) is 0 Å². The Bertz CT molecular complexity index is 561. The van der Waals surface area contributed by atoms with E-state index < -0.39 is 11.6 Å². The summed E-state index contributed by atoms with van der Waals surface area (Å²) in [6.45, 7) is 3.77. The predicted molar refractivity (Wildman–Crippen MR) is 80.2 cm³/mol. The number of carbonyl (C=O) groups is 2. The van der Waals surface area contributed by atoms with Crippen molar-refractivity contribution in [2.75, 3.05) is 20.2 Å². The molecule has 0 spiro atoms. The second kappa shape index (κ2) is 6.34. The second-order valence-electron chi connectivity index (χ2n) is 5.71. The molecule has 22 heavy (non-hydrogen) atoms. The molecule has 5 nitrogen and oxygen atoms in total. The van der Waals surface area contributed by atoms with Crippen LogP contribution in [0.15, 0.2) is 24.3 Å². The molecule has 0 aliphatic carbocycles. The van der Waals surface area contributed by atoms with Crippen molar-refractivity contribution in [3.8, 4) is 0 Å². The molecule has 1 fully saturated rings. The van der Waals surface area contributed by atoms with Crippen LogP contribution in [0.25, 0.3) is 0 Å². The molecule has 6 heteroatoms. The third-order valence-electron chi connectivity index (χ3n) is 3.98. The molecule has 2 rings (SSSR count). The number of alkyl halides is 1. The van der Waals surface area contributed by atoms with Crippen LogP contribution < -0.4 is 5.32 Å². The van der Waals surface area contributed by atoms with E-state index in [2.05, 4.69) is 10.1 Å². The highest BCUT2D eigenvalue weighted by Crippen LogP contribution is 2.27. The SMILES string of the molecule is COC(=O)[C@]1(F)CCN(C(=O)N[C@@H](C)c2ccc(C)cc2)C1. The van der Waals surface area contributed by atoms with Gasteiger partial charge in [-0.25, -0.2) is 14.0 Å². The summed E-state index contributed by atoms with van der Waals surface area (Å²) in [5.41, 5.74) is 0.0128. The number of hydrogen-bond donors (Lipinski definition) is 1. The average molecular weight is 308 g/mol. The van der Waals surface area contributed by atoms with Gasteiger partial charge in [0, 0.05) is 13.0 Å². The first-order chi connectivity index (χ1) is 10.4. The number of halogens is 1. The fourth-order valence-corrected chi connectivity index (χ4v) is 2.51. The maximum atomic E-state index is 14.3. The van der Waals surface area contributed by atoms with Crippen LogP contribution in [0, 0.1) is 6.92 Å². The van der Waals surface area contributed by atoms with Gasteiger partial charge in [0.25, 0.3) is 0 Å². The van der Waals surface area contributed by atoms with Crippen molar-refractivity contribution >= 4 is 12.0 Å². The Morgan fingerprint density at radius 3 is 2.59 bits per heavy atom. The van der Waals surface area contributed by atoms with E-state index >= 15 is 0 Å². The van der Waals surface area contributed by atoms with Gasteiger partial charge in [-0.05, 0) is 19.4 Å². The number of aryl methyl sites for hydroxylation is 1. The van der Waals surface area contributed by atoms with Gasteiger partial charge < -0.3 is 15.0 Å². The van der Waals surface area contributed by atoms with Crippen molar-refractivity contribution in [3.63, 3.8) is 0 Å². The summed E-state index contributed by atoms with van der Waals surface area (Å²) in [5, 5.41) is 2.82. The lowest BCUT2D eigenvalue weighted by molar-refractivity contribution is -0.153. The lowest BCUT2D eigenvalue weighted by Gasteiger charge is -2.22. The number of hydrogen-bond acceptors (Lipinski definition) is 3. The molecular formula is C16H21FN2O3. The highest BCUT2D eigenvalue weighted by Gasteiger charge is 2.47. The number of nitrogens with zero attached hydrogens (tertiary/aromatic N) is 1. The van der Waals surface area contributed by atoms with Gasteiger partial charge in [-0.1, -0.05) is 29.8 Å². The first-order valence-corrected chi connectivity index (χ1v) is 7.25. The number of esters is 1. The normalized spacial score (nSPS) is 22.3. The van der Waals surface area contributed by atoms with Crippen LogP contribution in [0.1, 0.15) is 30.5 Å². The Labute approximate surface area is 129 Å². The Hall–Kier alpha value is -2.11. The Balaban J connectivity index is 1.96. The zero-order chi connectivity index (χ0) is 16.3. The molecule has 120 valence electrons. The second-order valence-corrected chi connectivity index (χ2v) is 5.71. The van der Waals surface area contributed by atoms with Crippen LogP contribution in [0.3, 0.4) is 0 Å². The monoisotopic (exact) mass is 308 g/mol. The Morgan fingerprint density at radius 2 is 2.00 bits per heavy atom. The van der Waals surface area contributed by atoms with Crippen LogP contribution >= 0.6 is 0 Å². The number of rotatable bonds is 3. The summed E-state index contributed by atoms with van der Waals surface area (Å²) in [7, 11) is 1.14. The minimum atomic E-state index is -2.10. The number of benzene rings is 1. The first-order valence-electron chi connectivity index (χ1n) is 7.25. The molecule has 0 radical (unpaired) electrons. The number of urea groups is 1. The summed E-state index contributed by atoms with van der Waals surface area (Å²) in [6.07, 6.45) is -0.0357. The summed E-state index contributed by atoms with van der Waals surface area (Å²) < 4.78 is 18.8. The molecule has 0 bridgehead atoms. The van der Waals surface area contributed by atoms with E-state index in [1.807, 2.05) is 38.1 Å². The van der Waals surface area contributed by atoms with E-state index in [1.165, 1.54) is 4.90 Å². The van der Waals surface area contributed by atoms with Crippen molar-refractivity contribution in [3.05, 3.63) is 35.4 Å². The van der Waals surface area contributed by atoms with E-state index in [4.69, 9.17) is 0 Å². The zero-order valence-electron chi connectivity index (χ0n) is 13.1. The van der Waals surface area contributed by atoms with Crippen molar-refractivity contribution < 1.29 is 18.7 Å². The molecule has 1 heterocycles. The lowest BCUT2D eigenvalue weighted by atomic mass is 10.1. The van der Waals surface area contributed by atoms with Gasteiger partial charge in [0.05, 0.1) is 19.7 Å². The van der Waals surface area contributed by atoms with E-state index in [9.17, 15) is 14.0 Å². The fourth-order valence-electron chi connectivity index (χ4n) is 2.51. The molecule has 2 atom stereocenters. The minimum absolute atomic E-state index is 0.0357. The third kappa shape index (κ3) is 3.37. The van der Waals surface area contributed by atoms with Crippen LogP contribution in [-0.2, 0) is 9.53 Å². The van der Waals surface area contributed by atoms with Crippen molar-refractivity contribution in [2.45, 2.75) is 32.0 Å². The van der Waals surface area contributed by atoms with E-state index in [0.29, 0.717) is 0 Å². The van der Waals surface area contributed by atoms with Gasteiger partial charge in [-0.2, -0.15) is 0 Å². The molecule has 1 aromatic rings. The first kappa shape index (κ1) is 16.3. The van der Waals surface area contributed by atoms with Crippen LogP contribution in [0.4, 0.5) is 9.18 Å². The molecule has 1 aromatic carbocycles. The van der Waals surface area contributed by atoms with Gasteiger partial charge in [0.15, 0.2) is 0 Å². The zero-order valence-corrected chi connectivity index (χ0v) is 13.1. The largest absolute Gasteiger partial charge is 0.467 e. The number of amides is 2. The van der Waals surface area contributed by atoms with Crippen molar-refractivity contribution in [1.29, 1.82) is 0 Å². The topological polar surface area (TPSA) is 58.6 Å². The number of carbonyl (C=O) groups excluding carboxylic acids is 2. The highest BCUT2D eigenvalue weighted by molar-refractivity contribution is 5.83. The Morgan fingerprint density at radius 1 is 1.36 bits per heavy atom.